The van der Waals surface area contributed by atoms with Gasteiger partial charge in [0.2, 0.25) is 0 Å². The summed E-state index contributed by atoms with van der Waals surface area (Å²) in [6, 6.07) is 22.5. The van der Waals surface area contributed by atoms with Gasteiger partial charge in [-0.2, -0.15) is 0 Å². The highest BCUT2D eigenvalue weighted by Gasteiger charge is 2.39. The van der Waals surface area contributed by atoms with Gasteiger partial charge in [-0.3, -0.25) is 0 Å². The minimum absolute atomic E-state index is 0.0259. The lowest BCUT2D eigenvalue weighted by molar-refractivity contribution is 0.321. The van der Waals surface area contributed by atoms with E-state index in [4.69, 9.17) is 4.98 Å². The van der Waals surface area contributed by atoms with Gasteiger partial charge in [-0.25, -0.2) is 4.98 Å². The third-order valence-electron chi connectivity index (χ3n) is 11.0. The number of imidazole rings is 1. The Morgan fingerprint density at radius 3 is 1.48 bits per heavy atom. The molecule has 0 spiro atoms. The normalized spacial score (nSPS) is 13.5. The summed E-state index contributed by atoms with van der Waals surface area (Å²) in [6.45, 7) is 8.22. The van der Waals surface area contributed by atoms with Gasteiger partial charge in [0.25, 0.3) is 0 Å². The van der Waals surface area contributed by atoms with Gasteiger partial charge in [-0.15, -0.1) is 0 Å². The zero-order valence-electron chi connectivity index (χ0n) is 31.8. The Morgan fingerprint density at radius 1 is 0.542 bits per heavy atom. The van der Waals surface area contributed by atoms with Gasteiger partial charge < -0.3 is 4.57 Å². The van der Waals surface area contributed by atoms with Gasteiger partial charge in [-0.05, 0) is 30.4 Å². The summed E-state index contributed by atoms with van der Waals surface area (Å²) < 4.78 is 2.52. The molecule has 0 radical (unpaired) electrons. The summed E-state index contributed by atoms with van der Waals surface area (Å²) in [7, 11) is 0. The Bertz CT molecular complexity index is 1140. The molecule has 0 aliphatic rings. The van der Waals surface area contributed by atoms with E-state index in [0.717, 1.165) is 13.0 Å². The zero-order valence-corrected chi connectivity index (χ0v) is 31.8. The third-order valence-corrected chi connectivity index (χ3v) is 11.0. The number of unbranched alkanes of at least 4 members (excludes halogenated alkanes) is 21. The van der Waals surface area contributed by atoms with Crippen LogP contribution in [-0.4, -0.2) is 9.55 Å². The van der Waals surface area contributed by atoms with Gasteiger partial charge in [0.05, 0.1) is 0 Å². The summed E-state index contributed by atoms with van der Waals surface area (Å²) in [5.41, 5.74) is 2.84. The van der Waals surface area contributed by atoms with Crippen molar-refractivity contribution < 1.29 is 0 Å². The van der Waals surface area contributed by atoms with Gasteiger partial charge in [0.15, 0.2) is 0 Å². The number of nitrogens with zero attached hydrogens (tertiary/aromatic N) is 2. The standard InChI is InChI=1S/C46H74N2/c1-4-6-8-10-12-13-14-15-16-17-18-19-20-21-22-23-31-37-44(45-47-38-40-48(45)39-32-24-11-9-7-5-2)46(3,43-35-29-26-30-36-43)41-42-33-27-25-28-34-42/h25-30,33-36,38,40,44H,4-24,31-32,37,39,41H2,1-3H3. The molecule has 3 aromatic rings. The maximum Gasteiger partial charge on any atom is 0.112 e. The average molecular weight is 655 g/mol. The molecule has 1 heterocycles. The molecule has 0 N–H and O–H groups in total. The van der Waals surface area contributed by atoms with Crippen molar-refractivity contribution in [3.63, 3.8) is 0 Å². The van der Waals surface area contributed by atoms with E-state index in [9.17, 15) is 0 Å². The van der Waals surface area contributed by atoms with E-state index in [0.29, 0.717) is 5.92 Å². The van der Waals surface area contributed by atoms with Crippen LogP contribution in [0.3, 0.4) is 0 Å². The molecule has 0 aliphatic heterocycles. The van der Waals surface area contributed by atoms with Crippen molar-refractivity contribution in [1.82, 2.24) is 9.55 Å². The molecule has 2 heteroatoms. The zero-order chi connectivity index (χ0) is 34.0. The van der Waals surface area contributed by atoms with Crippen LogP contribution in [0.2, 0.25) is 0 Å². The first kappa shape index (κ1) is 40.1. The predicted octanol–water partition coefficient (Wildman–Crippen LogP) is 14.6. The highest BCUT2D eigenvalue weighted by molar-refractivity contribution is 5.33. The number of benzene rings is 2. The fraction of sp³-hybridized carbons (Fsp3) is 0.674. The monoisotopic (exact) mass is 655 g/mol. The minimum atomic E-state index is -0.0259. The lowest BCUT2D eigenvalue weighted by Gasteiger charge is -2.39. The van der Waals surface area contributed by atoms with Crippen molar-refractivity contribution in [2.75, 3.05) is 0 Å². The molecule has 0 bridgehead atoms. The topological polar surface area (TPSA) is 17.8 Å². The van der Waals surface area contributed by atoms with E-state index in [2.05, 4.69) is 98.4 Å². The second-order valence-corrected chi connectivity index (χ2v) is 15.2. The average Bonchev–Trinajstić information content (AvgIpc) is 3.58. The first-order chi connectivity index (χ1) is 23.7. The molecule has 0 saturated heterocycles. The van der Waals surface area contributed by atoms with Gasteiger partial charge in [0.1, 0.15) is 5.82 Å². The number of aromatic nitrogens is 2. The van der Waals surface area contributed by atoms with Crippen LogP contribution in [0.25, 0.3) is 0 Å². The molecule has 2 aromatic carbocycles. The Morgan fingerprint density at radius 2 is 0.979 bits per heavy atom. The SMILES string of the molecule is CCCCCCCCCCCCCCCCCCCC(c1nccn1CCCCCCCC)C(C)(Cc1ccccc1)c1ccccc1. The molecule has 0 fully saturated rings. The van der Waals surface area contributed by atoms with Crippen LogP contribution in [0.15, 0.2) is 73.1 Å². The molecule has 2 nitrogen and oxygen atoms in total. The van der Waals surface area contributed by atoms with Gasteiger partial charge in [-0.1, -0.05) is 223 Å². The largest absolute Gasteiger partial charge is 0.335 e. The van der Waals surface area contributed by atoms with E-state index >= 15 is 0 Å². The predicted molar refractivity (Wildman–Crippen MR) is 211 cm³/mol. The highest BCUT2D eigenvalue weighted by Crippen LogP contribution is 2.44. The number of rotatable bonds is 30. The first-order valence-electron chi connectivity index (χ1n) is 20.8. The fourth-order valence-corrected chi connectivity index (χ4v) is 7.95. The maximum absolute atomic E-state index is 5.14. The smallest absolute Gasteiger partial charge is 0.112 e. The van der Waals surface area contributed by atoms with Gasteiger partial charge >= 0.3 is 0 Å². The Labute approximate surface area is 297 Å². The molecular formula is C46H74N2. The Balaban J connectivity index is 1.52. The molecule has 3 rings (SSSR count). The van der Waals surface area contributed by atoms with E-state index < -0.39 is 0 Å². The summed E-state index contributed by atoms with van der Waals surface area (Å²) in [6.07, 6.45) is 38.6. The summed E-state index contributed by atoms with van der Waals surface area (Å²) >= 11 is 0. The quantitative estimate of drug-likeness (QED) is 0.0654. The molecule has 0 amide bonds. The van der Waals surface area contributed by atoms with Crippen LogP contribution >= 0.6 is 0 Å². The fourth-order valence-electron chi connectivity index (χ4n) is 7.95. The second-order valence-electron chi connectivity index (χ2n) is 15.2. The second kappa shape index (κ2) is 25.6. The van der Waals surface area contributed by atoms with Gasteiger partial charge in [0, 0.05) is 30.3 Å². The number of aryl methyl sites for hydroxylation is 1. The van der Waals surface area contributed by atoms with Crippen molar-refractivity contribution in [2.45, 2.75) is 199 Å². The highest BCUT2D eigenvalue weighted by atomic mass is 15.1. The molecule has 2 unspecified atom stereocenters. The van der Waals surface area contributed by atoms with Crippen LogP contribution < -0.4 is 0 Å². The summed E-state index contributed by atoms with van der Waals surface area (Å²) in [5, 5.41) is 0. The summed E-state index contributed by atoms with van der Waals surface area (Å²) in [4.78, 5) is 5.14. The van der Waals surface area contributed by atoms with Crippen molar-refractivity contribution in [3.05, 3.63) is 90.0 Å². The first-order valence-corrected chi connectivity index (χ1v) is 20.8. The van der Waals surface area contributed by atoms with Crippen LogP contribution in [0.5, 0.6) is 0 Å². The van der Waals surface area contributed by atoms with Crippen LogP contribution in [0, 0.1) is 0 Å². The number of hydrogen-bond donors (Lipinski definition) is 0. The summed E-state index contributed by atoms with van der Waals surface area (Å²) in [5.74, 6) is 1.69. The van der Waals surface area contributed by atoms with Crippen molar-refractivity contribution in [2.24, 2.45) is 0 Å². The van der Waals surface area contributed by atoms with E-state index in [1.165, 1.54) is 171 Å². The molecule has 0 aliphatic carbocycles. The lowest BCUT2D eigenvalue weighted by atomic mass is 9.66. The van der Waals surface area contributed by atoms with E-state index in [1.54, 1.807) is 0 Å². The molecule has 2 atom stereocenters. The molecule has 48 heavy (non-hydrogen) atoms. The third kappa shape index (κ3) is 15.5. The van der Waals surface area contributed by atoms with E-state index in [-0.39, 0.29) is 5.41 Å². The van der Waals surface area contributed by atoms with Crippen molar-refractivity contribution in [3.8, 4) is 0 Å². The minimum Gasteiger partial charge on any atom is -0.335 e. The Hall–Kier alpha value is -2.35. The van der Waals surface area contributed by atoms with Crippen LogP contribution in [0.4, 0.5) is 0 Å². The van der Waals surface area contributed by atoms with Crippen LogP contribution in [-0.2, 0) is 18.4 Å². The van der Waals surface area contributed by atoms with Crippen molar-refractivity contribution >= 4 is 0 Å². The lowest BCUT2D eigenvalue weighted by Crippen LogP contribution is -2.35. The Kier molecular flexibility index (Phi) is 21.4. The molecule has 0 saturated carbocycles. The van der Waals surface area contributed by atoms with Crippen LogP contribution in [0.1, 0.15) is 198 Å². The number of hydrogen-bond acceptors (Lipinski definition) is 1. The maximum atomic E-state index is 5.14. The molecule has 268 valence electrons. The molecular weight excluding hydrogens is 581 g/mol. The molecule has 1 aromatic heterocycles. The van der Waals surface area contributed by atoms with E-state index in [1.807, 2.05) is 0 Å². The van der Waals surface area contributed by atoms with Crippen molar-refractivity contribution in [1.29, 1.82) is 0 Å².